The van der Waals surface area contributed by atoms with Crippen LogP contribution in [0.2, 0.25) is 0 Å². The number of rotatable bonds is 5. The van der Waals surface area contributed by atoms with Gasteiger partial charge in [0.2, 0.25) is 0 Å². The highest BCUT2D eigenvalue weighted by molar-refractivity contribution is 14.0. The van der Waals surface area contributed by atoms with Crippen molar-refractivity contribution >= 4 is 35.8 Å². The first-order valence-electron chi connectivity index (χ1n) is 8.94. The summed E-state index contributed by atoms with van der Waals surface area (Å²) in [6, 6.07) is 12.8. The Bertz CT molecular complexity index is 708. The Labute approximate surface area is 173 Å². The van der Waals surface area contributed by atoms with Crippen molar-refractivity contribution in [2.24, 2.45) is 4.99 Å². The van der Waals surface area contributed by atoms with E-state index in [9.17, 15) is 0 Å². The van der Waals surface area contributed by atoms with Gasteiger partial charge in [-0.05, 0) is 43.0 Å². The number of aromatic nitrogens is 1. The van der Waals surface area contributed by atoms with Gasteiger partial charge in [-0.15, -0.1) is 24.0 Å². The van der Waals surface area contributed by atoms with Crippen LogP contribution in [-0.4, -0.2) is 31.1 Å². The standard InChI is InChI=1S/C20H27N5.HI/c1-16-5-7-17(8-6-16)14-23-20(21-2)24-15-18-9-10-22-19(13-18)25-11-3-4-12-25;/h5-10,13H,3-4,11-12,14-15H2,1-2H3,(H2,21,23,24);1H. The van der Waals surface area contributed by atoms with E-state index in [1.807, 2.05) is 6.20 Å². The second-order valence-corrected chi connectivity index (χ2v) is 6.48. The van der Waals surface area contributed by atoms with Gasteiger partial charge in [0.05, 0.1) is 0 Å². The van der Waals surface area contributed by atoms with Gasteiger partial charge < -0.3 is 15.5 Å². The van der Waals surface area contributed by atoms with Gasteiger partial charge in [-0.3, -0.25) is 4.99 Å². The minimum atomic E-state index is 0. The molecule has 0 saturated carbocycles. The Hall–Kier alpha value is -1.83. The number of nitrogens with zero attached hydrogens (tertiary/aromatic N) is 3. The number of nitrogens with one attached hydrogen (secondary N) is 2. The largest absolute Gasteiger partial charge is 0.357 e. The Morgan fingerprint density at radius 3 is 2.35 bits per heavy atom. The molecule has 0 aliphatic carbocycles. The number of hydrogen-bond donors (Lipinski definition) is 2. The third-order valence-corrected chi connectivity index (χ3v) is 4.50. The molecule has 1 saturated heterocycles. The van der Waals surface area contributed by atoms with Crippen LogP contribution in [0.25, 0.3) is 0 Å². The minimum Gasteiger partial charge on any atom is -0.357 e. The third-order valence-electron chi connectivity index (χ3n) is 4.50. The van der Waals surface area contributed by atoms with E-state index in [2.05, 4.69) is 68.8 Å². The van der Waals surface area contributed by atoms with Gasteiger partial charge in [-0.25, -0.2) is 4.98 Å². The van der Waals surface area contributed by atoms with Crippen molar-refractivity contribution in [1.29, 1.82) is 0 Å². The zero-order chi connectivity index (χ0) is 17.5. The van der Waals surface area contributed by atoms with Crippen LogP contribution in [0.3, 0.4) is 0 Å². The van der Waals surface area contributed by atoms with Crippen LogP contribution >= 0.6 is 24.0 Å². The van der Waals surface area contributed by atoms with Crippen LogP contribution in [-0.2, 0) is 13.1 Å². The first kappa shape index (κ1) is 20.5. The molecule has 2 aromatic rings. The molecular weight excluding hydrogens is 437 g/mol. The summed E-state index contributed by atoms with van der Waals surface area (Å²) in [7, 11) is 1.80. The van der Waals surface area contributed by atoms with Gasteiger partial charge in [-0.2, -0.15) is 0 Å². The van der Waals surface area contributed by atoms with E-state index in [4.69, 9.17) is 0 Å². The molecule has 26 heavy (non-hydrogen) atoms. The molecule has 0 spiro atoms. The minimum absolute atomic E-state index is 0. The smallest absolute Gasteiger partial charge is 0.191 e. The van der Waals surface area contributed by atoms with E-state index >= 15 is 0 Å². The van der Waals surface area contributed by atoms with E-state index in [1.165, 1.54) is 29.5 Å². The molecule has 1 aliphatic rings. The zero-order valence-electron chi connectivity index (χ0n) is 15.5. The third kappa shape index (κ3) is 5.86. The maximum absolute atomic E-state index is 4.50. The topological polar surface area (TPSA) is 52.6 Å². The van der Waals surface area contributed by atoms with E-state index in [0.717, 1.165) is 38.0 Å². The predicted octanol–water partition coefficient (Wildman–Crippen LogP) is 3.47. The average molecular weight is 465 g/mol. The number of halogens is 1. The Morgan fingerprint density at radius 1 is 1.04 bits per heavy atom. The molecule has 0 radical (unpaired) electrons. The molecule has 1 aromatic carbocycles. The summed E-state index contributed by atoms with van der Waals surface area (Å²) in [6.45, 7) is 5.82. The number of pyridine rings is 1. The maximum Gasteiger partial charge on any atom is 0.191 e. The second kappa shape index (κ2) is 10.4. The summed E-state index contributed by atoms with van der Waals surface area (Å²) in [5, 5.41) is 6.74. The number of aliphatic imine (C=N–C) groups is 1. The Kier molecular flexibility index (Phi) is 8.15. The van der Waals surface area contributed by atoms with Crippen molar-refractivity contribution in [3.8, 4) is 0 Å². The second-order valence-electron chi connectivity index (χ2n) is 6.48. The van der Waals surface area contributed by atoms with Crippen molar-refractivity contribution in [3.05, 3.63) is 59.3 Å². The number of benzene rings is 1. The van der Waals surface area contributed by atoms with Crippen molar-refractivity contribution in [2.75, 3.05) is 25.0 Å². The molecule has 1 aromatic heterocycles. The fraction of sp³-hybridized carbons (Fsp3) is 0.400. The molecule has 6 heteroatoms. The lowest BCUT2D eigenvalue weighted by Gasteiger charge is -2.17. The van der Waals surface area contributed by atoms with Crippen molar-refractivity contribution < 1.29 is 0 Å². The fourth-order valence-electron chi connectivity index (χ4n) is 2.99. The summed E-state index contributed by atoms with van der Waals surface area (Å²) in [5.41, 5.74) is 3.74. The van der Waals surface area contributed by atoms with Gasteiger partial charge in [0.1, 0.15) is 5.82 Å². The highest BCUT2D eigenvalue weighted by Crippen LogP contribution is 2.18. The number of anilines is 1. The fourth-order valence-corrected chi connectivity index (χ4v) is 2.99. The molecule has 2 heterocycles. The molecule has 5 nitrogen and oxygen atoms in total. The number of guanidine groups is 1. The lowest BCUT2D eigenvalue weighted by Crippen LogP contribution is -2.36. The summed E-state index contributed by atoms with van der Waals surface area (Å²) in [5.74, 6) is 1.89. The molecule has 1 fully saturated rings. The lowest BCUT2D eigenvalue weighted by molar-refractivity contribution is 0.806. The van der Waals surface area contributed by atoms with Crippen molar-refractivity contribution in [2.45, 2.75) is 32.9 Å². The van der Waals surface area contributed by atoms with E-state index in [-0.39, 0.29) is 24.0 Å². The van der Waals surface area contributed by atoms with Gasteiger partial charge in [0, 0.05) is 39.4 Å². The molecule has 140 valence electrons. The monoisotopic (exact) mass is 465 g/mol. The van der Waals surface area contributed by atoms with E-state index < -0.39 is 0 Å². The van der Waals surface area contributed by atoms with Crippen molar-refractivity contribution in [3.63, 3.8) is 0 Å². The molecule has 0 atom stereocenters. The molecule has 2 N–H and O–H groups in total. The van der Waals surface area contributed by atoms with E-state index in [1.54, 1.807) is 7.05 Å². The van der Waals surface area contributed by atoms with Gasteiger partial charge in [0.25, 0.3) is 0 Å². The SMILES string of the molecule is CN=C(NCc1ccc(C)cc1)NCc1ccnc(N2CCCC2)c1.I. The van der Waals surface area contributed by atoms with Gasteiger partial charge >= 0.3 is 0 Å². The van der Waals surface area contributed by atoms with Crippen LogP contribution in [0, 0.1) is 6.92 Å². The first-order chi connectivity index (χ1) is 12.2. The molecule has 3 rings (SSSR count). The Morgan fingerprint density at radius 2 is 1.69 bits per heavy atom. The first-order valence-corrected chi connectivity index (χ1v) is 8.94. The van der Waals surface area contributed by atoms with Crippen LogP contribution in [0.1, 0.15) is 29.5 Å². The van der Waals surface area contributed by atoms with Gasteiger partial charge in [-0.1, -0.05) is 29.8 Å². The quantitative estimate of drug-likeness (QED) is 0.404. The highest BCUT2D eigenvalue weighted by Gasteiger charge is 2.13. The molecule has 0 unspecified atom stereocenters. The number of aryl methyl sites for hydroxylation is 1. The summed E-state index contributed by atoms with van der Waals surface area (Å²) in [4.78, 5) is 11.2. The lowest BCUT2D eigenvalue weighted by atomic mass is 10.1. The molecular formula is C20H28IN5. The van der Waals surface area contributed by atoms with Crippen molar-refractivity contribution in [1.82, 2.24) is 15.6 Å². The Balaban J connectivity index is 0.00000243. The molecule has 1 aliphatic heterocycles. The number of hydrogen-bond acceptors (Lipinski definition) is 3. The van der Waals surface area contributed by atoms with Gasteiger partial charge in [0.15, 0.2) is 5.96 Å². The molecule has 0 amide bonds. The molecule has 0 bridgehead atoms. The zero-order valence-corrected chi connectivity index (χ0v) is 17.9. The summed E-state index contributed by atoms with van der Waals surface area (Å²) >= 11 is 0. The van der Waals surface area contributed by atoms with Crippen LogP contribution in [0.5, 0.6) is 0 Å². The van der Waals surface area contributed by atoms with E-state index in [0.29, 0.717) is 0 Å². The normalized spacial score (nSPS) is 14.1. The average Bonchev–Trinajstić information content (AvgIpc) is 3.18. The van der Waals surface area contributed by atoms with Crippen LogP contribution in [0.15, 0.2) is 47.6 Å². The highest BCUT2D eigenvalue weighted by atomic mass is 127. The van der Waals surface area contributed by atoms with Crippen LogP contribution < -0.4 is 15.5 Å². The summed E-state index contributed by atoms with van der Waals surface area (Å²) in [6.07, 6.45) is 4.42. The predicted molar refractivity (Wildman–Crippen MR) is 119 cm³/mol. The summed E-state index contributed by atoms with van der Waals surface area (Å²) < 4.78 is 0. The van der Waals surface area contributed by atoms with Crippen LogP contribution in [0.4, 0.5) is 5.82 Å². The maximum atomic E-state index is 4.50.